The number of rotatable bonds is 11. The molecule has 5 nitrogen and oxygen atoms in total. The summed E-state index contributed by atoms with van der Waals surface area (Å²) in [5.41, 5.74) is 2.21. The molecule has 0 unspecified atom stereocenters. The fourth-order valence-electron chi connectivity index (χ4n) is 4.65. The number of imidazole rings is 1. The molecule has 1 heterocycles. The average molecular weight is 468 g/mol. The molecule has 4 rings (SSSR count). The SMILES string of the molecule is O=C(NCCCc1nc2ccccc2n1CCCCOc1ccccc1Cl)C1CCCCC1. The van der Waals surface area contributed by atoms with E-state index in [0.717, 1.165) is 62.2 Å². The van der Waals surface area contributed by atoms with Crippen molar-refractivity contribution >= 4 is 28.5 Å². The van der Waals surface area contributed by atoms with Crippen molar-refractivity contribution in [3.05, 3.63) is 59.4 Å². The van der Waals surface area contributed by atoms with Crippen LogP contribution in [-0.2, 0) is 17.8 Å². The van der Waals surface area contributed by atoms with Crippen molar-refractivity contribution in [1.29, 1.82) is 0 Å². The number of hydrogen-bond acceptors (Lipinski definition) is 3. The fourth-order valence-corrected chi connectivity index (χ4v) is 4.84. The summed E-state index contributed by atoms with van der Waals surface area (Å²) < 4.78 is 8.16. The maximum atomic E-state index is 12.4. The molecule has 1 fully saturated rings. The standard InChI is InChI=1S/C27H34ClN3O2/c28-22-13-4-7-16-25(22)33-20-9-8-19-31-24-15-6-5-14-23(24)30-26(31)17-10-18-29-27(32)21-11-2-1-3-12-21/h4-7,13-16,21H,1-3,8-12,17-20H2,(H,29,32). The molecule has 1 aliphatic rings. The molecule has 0 aliphatic heterocycles. The van der Waals surface area contributed by atoms with E-state index >= 15 is 0 Å². The Morgan fingerprint density at radius 2 is 1.82 bits per heavy atom. The number of carbonyl (C=O) groups is 1. The van der Waals surface area contributed by atoms with Crippen LogP contribution in [-0.4, -0.2) is 28.6 Å². The average Bonchev–Trinajstić information content (AvgIpc) is 3.20. The third-order valence-corrected chi connectivity index (χ3v) is 6.77. The van der Waals surface area contributed by atoms with Crippen molar-refractivity contribution in [2.24, 2.45) is 5.92 Å². The minimum Gasteiger partial charge on any atom is -0.492 e. The predicted octanol–water partition coefficient (Wildman–Crippen LogP) is 6.18. The lowest BCUT2D eigenvalue weighted by molar-refractivity contribution is -0.125. The summed E-state index contributed by atoms with van der Waals surface area (Å²) >= 11 is 6.16. The topological polar surface area (TPSA) is 56.2 Å². The Bertz CT molecular complexity index is 1040. The number of aryl methyl sites for hydroxylation is 2. The number of fused-ring (bicyclic) bond motifs is 1. The fraction of sp³-hybridized carbons (Fsp3) is 0.481. The van der Waals surface area contributed by atoms with E-state index in [1.165, 1.54) is 24.8 Å². The largest absolute Gasteiger partial charge is 0.492 e. The van der Waals surface area contributed by atoms with E-state index in [9.17, 15) is 4.79 Å². The highest BCUT2D eigenvalue weighted by Crippen LogP contribution is 2.24. The van der Waals surface area contributed by atoms with E-state index in [-0.39, 0.29) is 11.8 Å². The van der Waals surface area contributed by atoms with Crippen LogP contribution in [0.5, 0.6) is 5.75 Å². The molecular formula is C27H34ClN3O2. The highest BCUT2D eigenvalue weighted by molar-refractivity contribution is 6.32. The number of benzene rings is 2. The van der Waals surface area contributed by atoms with Gasteiger partial charge in [0.2, 0.25) is 5.91 Å². The molecule has 1 saturated carbocycles. The number of hydrogen-bond donors (Lipinski definition) is 1. The summed E-state index contributed by atoms with van der Waals surface area (Å²) in [4.78, 5) is 17.3. The third-order valence-electron chi connectivity index (χ3n) is 6.46. The predicted molar refractivity (Wildman–Crippen MR) is 134 cm³/mol. The normalized spacial score (nSPS) is 14.5. The number of para-hydroxylation sites is 3. The molecule has 0 saturated heterocycles. The quantitative estimate of drug-likeness (QED) is 0.342. The van der Waals surface area contributed by atoms with Gasteiger partial charge >= 0.3 is 0 Å². The monoisotopic (exact) mass is 467 g/mol. The second-order valence-corrected chi connectivity index (χ2v) is 9.29. The number of halogens is 1. The second kappa shape index (κ2) is 12.1. The van der Waals surface area contributed by atoms with Crippen LogP contribution in [0.1, 0.15) is 57.2 Å². The third kappa shape index (κ3) is 6.50. The molecule has 33 heavy (non-hydrogen) atoms. The van der Waals surface area contributed by atoms with Crippen LogP contribution in [0.3, 0.4) is 0 Å². The van der Waals surface area contributed by atoms with Gasteiger partial charge in [0.15, 0.2) is 0 Å². The van der Waals surface area contributed by atoms with Gasteiger partial charge in [-0.15, -0.1) is 0 Å². The Hall–Kier alpha value is -2.53. The number of ether oxygens (including phenoxy) is 1. The molecule has 0 radical (unpaired) electrons. The van der Waals surface area contributed by atoms with E-state index in [1.807, 2.05) is 30.3 Å². The van der Waals surface area contributed by atoms with Crippen LogP contribution in [0.2, 0.25) is 5.02 Å². The van der Waals surface area contributed by atoms with E-state index < -0.39 is 0 Å². The van der Waals surface area contributed by atoms with Crippen molar-refractivity contribution in [3.63, 3.8) is 0 Å². The zero-order chi connectivity index (χ0) is 22.9. The summed E-state index contributed by atoms with van der Waals surface area (Å²) in [7, 11) is 0. The molecule has 0 spiro atoms. The van der Waals surface area contributed by atoms with Crippen molar-refractivity contribution in [3.8, 4) is 5.75 Å². The Balaban J connectivity index is 1.27. The van der Waals surface area contributed by atoms with Gasteiger partial charge in [-0.2, -0.15) is 0 Å². The number of amides is 1. The minimum absolute atomic E-state index is 0.219. The van der Waals surface area contributed by atoms with Gasteiger partial charge in [0.1, 0.15) is 11.6 Å². The molecule has 1 amide bonds. The van der Waals surface area contributed by atoms with Crippen LogP contribution in [0.25, 0.3) is 11.0 Å². The summed E-state index contributed by atoms with van der Waals surface area (Å²) in [5, 5.41) is 3.80. The smallest absolute Gasteiger partial charge is 0.223 e. The van der Waals surface area contributed by atoms with Crippen molar-refractivity contribution in [2.45, 2.75) is 64.3 Å². The summed E-state index contributed by atoms with van der Waals surface area (Å²) in [6, 6.07) is 15.9. The van der Waals surface area contributed by atoms with Crippen molar-refractivity contribution in [1.82, 2.24) is 14.9 Å². The summed E-state index contributed by atoms with van der Waals surface area (Å²) in [6.45, 7) is 2.25. The van der Waals surface area contributed by atoms with Gasteiger partial charge < -0.3 is 14.6 Å². The molecule has 0 bridgehead atoms. The molecule has 1 N–H and O–H groups in total. The van der Waals surface area contributed by atoms with E-state index in [1.54, 1.807) is 0 Å². The Kier molecular flexibility index (Phi) is 8.65. The number of nitrogens with one attached hydrogen (secondary N) is 1. The van der Waals surface area contributed by atoms with E-state index in [0.29, 0.717) is 18.2 Å². The van der Waals surface area contributed by atoms with Gasteiger partial charge in [0.05, 0.1) is 22.7 Å². The lowest BCUT2D eigenvalue weighted by Crippen LogP contribution is -2.32. The molecule has 1 aromatic heterocycles. The molecular weight excluding hydrogens is 434 g/mol. The van der Waals surface area contributed by atoms with Crippen molar-refractivity contribution < 1.29 is 9.53 Å². The molecule has 0 atom stereocenters. The Labute approximate surface area is 201 Å². The number of unbranched alkanes of at least 4 members (excludes halogenated alkanes) is 1. The summed E-state index contributed by atoms with van der Waals surface area (Å²) in [6.07, 6.45) is 9.42. The molecule has 3 aromatic rings. The molecule has 6 heteroatoms. The first-order valence-corrected chi connectivity index (χ1v) is 12.7. The summed E-state index contributed by atoms with van der Waals surface area (Å²) in [5.74, 6) is 2.29. The van der Waals surface area contributed by atoms with Gasteiger partial charge in [-0.3, -0.25) is 4.79 Å². The lowest BCUT2D eigenvalue weighted by Gasteiger charge is -2.20. The second-order valence-electron chi connectivity index (χ2n) is 8.88. The van der Waals surface area contributed by atoms with E-state index in [4.69, 9.17) is 21.3 Å². The van der Waals surface area contributed by atoms with Crippen LogP contribution in [0.15, 0.2) is 48.5 Å². The van der Waals surface area contributed by atoms with Gasteiger partial charge in [0, 0.05) is 25.4 Å². The highest BCUT2D eigenvalue weighted by atomic mass is 35.5. The van der Waals surface area contributed by atoms with Crippen LogP contribution < -0.4 is 10.1 Å². The first kappa shape index (κ1) is 23.6. The van der Waals surface area contributed by atoms with Crippen molar-refractivity contribution in [2.75, 3.05) is 13.2 Å². The number of carbonyl (C=O) groups excluding carboxylic acids is 1. The number of nitrogens with zero attached hydrogens (tertiary/aromatic N) is 2. The molecule has 2 aromatic carbocycles. The molecule has 1 aliphatic carbocycles. The maximum Gasteiger partial charge on any atom is 0.223 e. The first-order valence-electron chi connectivity index (χ1n) is 12.3. The van der Waals surface area contributed by atoms with Crippen LogP contribution in [0, 0.1) is 5.92 Å². The highest BCUT2D eigenvalue weighted by Gasteiger charge is 2.20. The van der Waals surface area contributed by atoms with Crippen LogP contribution in [0.4, 0.5) is 0 Å². The maximum absolute atomic E-state index is 12.4. The van der Waals surface area contributed by atoms with Gasteiger partial charge in [-0.05, 0) is 56.4 Å². The minimum atomic E-state index is 0.219. The first-order chi connectivity index (χ1) is 16.2. The molecule has 176 valence electrons. The zero-order valence-corrected chi connectivity index (χ0v) is 20.0. The van der Waals surface area contributed by atoms with Gasteiger partial charge in [-0.25, -0.2) is 4.98 Å². The Morgan fingerprint density at radius 3 is 2.67 bits per heavy atom. The number of aromatic nitrogens is 2. The van der Waals surface area contributed by atoms with E-state index in [2.05, 4.69) is 28.1 Å². The van der Waals surface area contributed by atoms with Gasteiger partial charge in [0.25, 0.3) is 0 Å². The lowest BCUT2D eigenvalue weighted by atomic mass is 9.89. The van der Waals surface area contributed by atoms with Gasteiger partial charge in [-0.1, -0.05) is 55.1 Å². The zero-order valence-electron chi connectivity index (χ0n) is 19.3. The Morgan fingerprint density at radius 1 is 1.03 bits per heavy atom. The van der Waals surface area contributed by atoms with Crippen LogP contribution >= 0.6 is 11.6 Å².